The van der Waals surface area contributed by atoms with Gasteiger partial charge in [-0.1, -0.05) is 52.0 Å². The number of rotatable bonds is 11. The quantitative estimate of drug-likeness (QED) is 0.356. The van der Waals surface area contributed by atoms with Gasteiger partial charge in [-0.2, -0.15) is 0 Å². The largest absolute Gasteiger partial charge is 0.452 e. The normalized spacial score (nSPS) is 10.0. The van der Waals surface area contributed by atoms with Crippen LogP contribution in [-0.2, 0) is 14.3 Å². The van der Waals surface area contributed by atoms with Gasteiger partial charge in [0, 0.05) is 12.1 Å². The number of esters is 1. The minimum absolute atomic E-state index is 0.220. The molecule has 0 aromatic carbocycles. The molecule has 0 atom stereocenters. The molecule has 0 unspecified atom stereocenters. The lowest BCUT2D eigenvalue weighted by atomic mass is 10.1. The third-order valence-electron chi connectivity index (χ3n) is 2.79. The SMILES string of the molecule is C=C(C)C(=O)OCC(=O)NCCCCCCCCC. The maximum Gasteiger partial charge on any atom is 0.333 e. The molecule has 0 radical (unpaired) electrons. The highest BCUT2D eigenvalue weighted by Gasteiger charge is 2.06. The highest BCUT2D eigenvalue weighted by Crippen LogP contribution is 2.06. The first-order valence-corrected chi connectivity index (χ1v) is 7.17. The van der Waals surface area contributed by atoms with Crippen molar-refractivity contribution in [3.8, 4) is 0 Å². The van der Waals surface area contributed by atoms with Gasteiger partial charge in [0.2, 0.25) is 0 Å². The van der Waals surface area contributed by atoms with Gasteiger partial charge in [0.05, 0.1) is 0 Å². The van der Waals surface area contributed by atoms with Gasteiger partial charge in [-0.25, -0.2) is 4.79 Å². The van der Waals surface area contributed by atoms with E-state index in [1.807, 2.05) is 0 Å². The predicted molar refractivity (Wildman–Crippen MR) is 76.8 cm³/mol. The van der Waals surface area contributed by atoms with E-state index in [-0.39, 0.29) is 12.5 Å². The molecule has 1 amide bonds. The lowest BCUT2D eigenvalue weighted by Crippen LogP contribution is -2.29. The van der Waals surface area contributed by atoms with E-state index < -0.39 is 5.97 Å². The molecule has 0 aromatic rings. The van der Waals surface area contributed by atoms with E-state index in [0.717, 1.165) is 12.8 Å². The number of amides is 1. The third kappa shape index (κ3) is 11.5. The summed E-state index contributed by atoms with van der Waals surface area (Å²) in [6.07, 6.45) is 8.49. The molecular weight excluding hydrogens is 242 g/mol. The highest BCUT2D eigenvalue weighted by molar-refractivity contribution is 5.89. The zero-order chi connectivity index (χ0) is 14.5. The summed E-state index contributed by atoms with van der Waals surface area (Å²) < 4.78 is 4.74. The monoisotopic (exact) mass is 269 g/mol. The van der Waals surface area contributed by atoms with E-state index in [1.165, 1.54) is 32.1 Å². The molecule has 0 aliphatic carbocycles. The molecule has 1 N–H and O–H groups in total. The standard InChI is InChI=1S/C15H27NO3/c1-4-5-6-7-8-9-10-11-16-14(17)12-19-15(18)13(2)3/h2,4-12H2,1,3H3,(H,16,17). The Morgan fingerprint density at radius 2 is 1.63 bits per heavy atom. The molecule has 0 bridgehead atoms. The summed E-state index contributed by atoms with van der Waals surface area (Å²) in [5.74, 6) is -0.772. The molecule has 0 aliphatic heterocycles. The number of hydrogen-bond acceptors (Lipinski definition) is 3. The van der Waals surface area contributed by atoms with Crippen molar-refractivity contribution >= 4 is 11.9 Å². The second-order valence-corrected chi connectivity index (χ2v) is 4.83. The molecule has 0 aromatic heterocycles. The van der Waals surface area contributed by atoms with Crippen LogP contribution >= 0.6 is 0 Å². The minimum Gasteiger partial charge on any atom is -0.452 e. The molecule has 110 valence electrons. The summed E-state index contributed by atoms with van der Waals surface area (Å²) in [5.41, 5.74) is 0.305. The Labute approximate surface area is 116 Å². The van der Waals surface area contributed by atoms with Crippen LogP contribution in [-0.4, -0.2) is 25.0 Å². The fraction of sp³-hybridized carbons (Fsp3) is 0.733. The van der Waals surface area contributed by atoms with Crippen molar-refractivity contribution in [2.75, 3.05) is 13.2 Å². The lowest BCUT2D eigenvalue weighted by molar-refractivity contribution is -0.144. The number of hydrogen-bond donors (Lipinski definition) is 1. The van der Waals surface area contributed by atoms with Gasteiger partial charge in [-0.3, -0.25) is 4.79 Å². The van der Waals surface area contributed by atoms with E-state index in [2.05, 4.69) is 18.8 Å². The third-order valence-corrected chi connectivity index (χ3v) is 2.79. The van der Waals surface area contributed by atoms with Crippen LogP contribution in [0.1, 0.15) is 58.8 Å². The minimum atomic E-state index is -0.522. The van der Waals surface area contributed by atoms with E-state index in [0.29, 0.717) is 12.1 Å². The summed E-state index contributed by atoms with van der Waals surface area (Å²) in [6, 6.07) is 0. The molecule has 0 rings (SSSR count). The van der Waals surface area contributed by atoms with Gasteiger partial charge in [0.1, 0.15) is 0 Å². The van der Waals surface area contributed by atoms with Crippen molar-refractivity contribution in [3.05, 3.63) is 12.2 Å². The maximum absolute atomic E-state index is 11.3. The summed E-state index contributed by atoms with van der Waals surface area (Å²) in [6.45, 7) is 7.63. The molecule has 4 heteroatoms. The van der Waals surface area contributed by atoms with Crippen molar-refractivity contribution in [2.24, 2.45) is 0 Å². The molecule has 0 saturated carbocycles. The molecular formula is C15H27NO3. The Morgan fingerprint density at radius 3 is 2.21 bits per heavy atom. The molecule has 0 saturated heterocycles. The zero-order valence-corrected chi connectivity index (χ0v) is 12.3. The van der Waals surface area contributed by atoms with Gasteiger partial charge in [-0.15, -0.1) is 0 Å². The van der Waals surface area contributed by atoms with Crippen LogP contribution in [0.2, 0.25) is 0 Å². The molecule has 0 aliphatic rings. The van der Waals surface area contributed by atoms with Crippen molar-refractivity contribution in [3.63, 3.8) is 0 Å². The van der Waals surface area contributed by atoms with E-state index in [1.54, 1.807) is 6.92 Å². The summed E-state index contributed by atoms with van der Waals surface area (Å²) in [5, 5.41) is 2.73. The topological polar surface area (TPSA) is 55.4 Å². The van der Waals surface area contributed by atoms with Crippen LogP contribution in [0.25, 0.3) is 0 Å². The number of nitrogens with one attached hydrogen (secondary N) is 1. The lowest BCUT2D eigenvalue weighted by Gasteiger charge is -2.06. The first-order chi connectivity index (χ1) is 9.07. The van der Waals surface area contributed by atoms with Crippen LogP contribution in [0.4, 0.5) is 0 Å². The Kier molecular flexibility index (Phi) is 10.9. The van der Waals surface area contributed by atoms with Crippen LogP contribution < -0.4 is 5.32 Å². The Bertz CT molecular complexity index is 287. The van der Waals surface area contributed by atoms with Gasteiger partial charge < -0.3 is 10.1 Å². The van der Waals surface area contributed by atoms with Crippen LogP contribution in [0.5, 0.6) is 0 Å². The number of carbonyl (C=O) groups is 2. The van der Waals surface area contributed by atoms with E-state index >= 15 is 0 Å². The van der Waals surface area contributed by atoms with Gasteiger partial charge in [0.15, 0.2) is 6.61 Å². The van der Waals surface area contributed by atoms with Gasteiger partial charge in [0.25, 0.3) is 5.91 Å². The predicted octanol–water partition coefficient (Wildman–Crippen LogP) is 2.97. The Morgan fingerprint density at radius 1 is 1.05 bits per heavy atom. The highest BCUT2D eigenvalue weighted by atomic mass is 16.5. The molecule has 19 heavy (non-hydrogen) atoms. The fourth-order valence-electron chi connectivity index (χ4n) is 1.62. The zero-order valence-electron chi connectivity index (χ0n) is 12.3. The smallest absolute Gasteiger partial charge is 0.333 e. The number of unbranched alkanes of at least 4 members (excludes halogenated alkanes) is 6. The number of carbonyl (C=O) groups excluding carboxylic acids is 2. The Balaban J connectivity index is 3.34. The first kappa shape index (κ1) is 17.7. The van der Waals surface area contributed by atoms with Crippen molar-refractivity contribution in [2.45, 2.75) is 58.8 Å². The average molecular weight is 269 g/mol. The summed E-state index contributed by atoms with van der Waals surface area (Å²) in [4.78, 5) is 22.4. The fourth-order valence-corrected chi connectivity index (χ4v) is 1.62. The van der Waals surface area contributed by atoms with Crippen molar-refractivity contribution in [1.82, 2.24) is 5.32 Å². The molecule has 0 fully saturated rings. The maximum atomic E-state index is 11.3. The first-order valence-electron chi connectivity index (χ1n) is 7.17. The van der Waals surface area contributed by atoms with E-state index in [4.69, 9.17) is 4.74 Å². The second-order valence-electron chi connectivity index (χ2n) is 4.83. The number of ether oxygens (including phenoxy) is 1. The molecule has 4 nitrogen and oxygen atoms in total. The van der Waals surface area contributed by atoms with Gasteiger partial charge in [-0.05, 0) is 13.3 Å². The summed E-state index contributed by atoms with van der Waals surface area (Å²) >= 11 is 0. The average Bonchev–Trinajstić information content (AvgIpc) is 2.38. The van der Waals surface area contributed by atoms with Crippen LogP contribution in [0.3, 0.4) is 0 Å². The molecule has 0 heterocycles. The van der Waals surface area contributed by atoms with Crippen LogP contribution in [0, 0.1) is 0 Å². The van der Waals surface area contributed by atoms with Gasteiger partial charge >= 0.3 is 5.97 Å². The summed E-state index contributed by atoms with van der Waals surface area (Å²) in [7, 11) is 0. The van der Waals surface area contributed by atoms with Crippen molar-refractivity contribution < 1.29 is 14.3 Å². The Hall–Kier alpha value is -1.32. The second kappa shape index (κ2) is 11.8. The van der Waals surface area contributed by atoms with Crippen LogP contribution in [0.15, 0.2) is 12.2 Å². The van der Waals surface area contributed by atoms with E-state index in [9.17, 15) is 9.59 Å². The van der Waals surface area contributed by atoms with Crippen molar-refractivity contribution in [1.29, 1.82) is 0 Å². The molecule has 0 spiro atoms.